The summed E-state index contributed by atoms with van der Waals surface area (Å²) in [5.74, 6) is 0. The molecule has 0 atom stereocenters. The summed E-state index contributed by atoms with van der Waals surface area (Å²) < 4.78 is 1.27. The van der Waals surface area contributed by atoms with Crippen LogP contribution in [0.1, 0.15) is 5.56 Å². The van der Waals surface area contributed by atoms with E-state index in [0.29, 0.717) is 0 Å². The molecule has 0 aromatic heterocycles. The fourth-order valence-electron chi connectivity index (χ4n) is 1.34. The molecule has 0 aliphatic heterocycles. The summed E-state index contributed by atoms with van der Waals surface area (Å²) in [4.78, 5) is 2.61. The van der Waals surface area contributed by atoms with Crippen molar-refractivity contribution in [1.29, 1.82) is 0 Å². The number of halogens is 2. The summed E-state index contributed by atoms with van der Waals surface area (Å²) in [5.41, 5.74) is 1.34. The van der Waals surface area contributed by atoms with Crippen molar-refractivity contribution in [2.75, 3.05) is 0 Å². The van der Waals surface area contributed by atoms with Crippen molar-refractivity contribution in [2.24, 2.45) is 0 Å². The average Bonchev–Trinajstić information content (AvgIpc) is 2.33. The Morgan fingerprint density at radius 3 is 2.38 bits per heavy atom. The summed E-state index contributed by atoms with van der Waals surface area (Å²) in [6, 6.07) is 17.1. The van der Waals surface area contributed by atoms with E-state index in [-0.39, 0.29) is 0 Å². The van der Waals surface area contributed by atoms with Crippen LogP contribution in [0.5, 0.6) is 0 Å². The lowest BCUT2D eigenvalue weighted by atomic mass is 10.2. The first-order valence-electron chi connectivity index (χ1n) is 4.87. The average molecular weight is 405 g/mol. The molecule has 0 unspecified atom stereocenters. The molecule has 0 heterocycles. The van der Waals surface area contributed by atoms with Gasteiger partial charge in [0.05, 0.1) is 0 Å². The van der Waals surface area contributed by atoms with Crippen LogP contribution in [0.25, 0.3) is 0 Å². The second-order valence-electron chi connectivity index (χ2n) is 3.30. The summed E-state index contributed by atoms with van der Waals surface area (Å²) in [5, 5.41) is 0.903. The first kappa shape index (κ1) is 12.5. The van der Waals surface area contributed by atoms with Crippen molar-refractivity contribution in [3.8, 4) is 0 Å². The van der Waals surface area contributed by atoms with Gasteiger partial charge in [0.2, 0.25) is 0 Å². The van der Waals surface area contributed by atoms with E-state index in [9.17, 15) is 0 Å². The van der Waals surface area contributed by atoms with Crippen LogP contribution in [-0.2, 0) is 5.33 Å². The molecule has 0 fully saturated rings. The largest absolute Gasteiger partial charge is 0.0898 e. The Bertz CT molecular complexity index is 468. The third-order valence-electron chi connectivity index (χ3n) is 2.16. The van der Waals surface area contributed by atoms with Gasteiger partial charge in [-0.25, -0.2) is 0 Å². The van der Waals surface area contributed by atoms with Crippen LogP contribution >= 0.6 is 50.3 Å². The molecule has 0 amide bonds. The number of hydrogen-bond donors (Lipinski definition) is 0. The molecule has 82 valence electrons. The molecule has 0 spiro atoms. The van der Waals surface area contributed by atoms with Gasteiger partial charge in [-0.3, -0.25) is 0 Å². The highest BCUT2D eigenvalue weighted by molar-refractivity contribution is 14.1. The van der Waals surface area contributed by atoms with Gasteiger partial charge in [0.1, 0.15) is 0 Å². The third kappa shape index (κ3) is 3.25. The Labute approximate surface area is 122 Å². The van der Waals surface area contributed by atoms with Gasteiger partial charge in [-0.15, -0.1) is 0 Å². The van der Waals surface area contributed by atoms with E-state index in [1.807, 2.05) is 11.8 Å². The van der Waals surface area contributed by atoms with Crippen LogP contribution in [0.3, 0.4) is 0 Å². The molecule has 0 nitrogen and oxygen atoms in total. The molecule has 0 aliphatic carbocycles. The molecule has 0 radical (unpaired) electrons. The van der Waals surface area contributed by atoms with Gasteiger partial charge >= 0.3 is 0 Å². The van der Waals surface area contributed by atoms with Gasteiger partial charge in [-0.2, -0.15) is 0 Å². The lowest BCUT2D eigenvalue weighted by Crippen LogP contribution is -1.82. The minimum atomic E-state index is 0.903. The van der Waals surface area contributed by atoms with Gasteiger partial charge in [0.15, 0.2) is 0 Å². The number of alkyl halides is 1. The van der Waals surface area contributed by atoms with Crippen LogP contribution in [-0.4, -0.2) is 0 Å². The molecule has 2 rings (SSSR count). The Balaban J connectivity index is 2.23. The monoisotopic (exact) mass is 404 g/mol. The van der Waals surface area contributed by atoms with Crippen molar-refractivity contribution in [3.63, 3.8) is 0 Å². The lowest BCUT2D eigenvalue weighted by molar-refractivity contribution is 1.27. The molecule has 0 N–H and O–H groups in total. The van der Waals surface area contributed by atoms with Crippen LogP contribution in [0.4, 0.5) is 0 Å². The molecule has 0 saturated heterocycles. The van der Waals surface area contributed by atoms with Gasteiger partial charge < -0.3 is 0 Å². The fourth-order valence-corrected chi connectivity index (χ4v) is 3.32. The molecule has 2 aromatic rings. The van der Waals surface area contributed by atoms with E-state index in [0.717, 1.165) is 5.33 Å². The van der Waals surface area contributed by atoms with Crippen molar-refractivity contribution < 1.29 is 0 Å². The molecular weight excluding hydrogens is 395 g/mol. The Morgan fingerprint density at radius 1 is 1.00 bits per heavy atom. The molecule has 2 aromatic carbocycles. The predicted octanol–water partition coefficient (Wildman–Crippen LogP) is 5.34. The minimum absolute atomic E-state index is 0.903. The van der Waals surface area contributed by atoms with Gasteiger partial charge in [0.25, 0.3) is 0 Å². The summed E-state index contributed by atoms with van der Waals surface area (Å²) in [6.45, 7) is 0. The number of rotatable bonds is 3. The highest BCUT2D eigenvalue weighted by atomic mass is 127. The maximum atomic E-state index is 3.52. The highest BCUT2D eigenvalue weighted by Crippen LogP contribution is 2.31. The van der Waals surface area contributed by atoms with E-state index in [1.54, 1.807) is 0 Å². The second kappa shape index (κ2) is 6.07. The first-order valence-corrected chi connectivity index (χ1v) is 7.88. The van der Waals surface area contributed by atoms with Gasteiger partial charge in [-0.05, 0) is 58.5 Å². The van der Waals surface area contributed by atoms with E-state index < -0.39 is 0 Å². The minimum Gasteiger partial charge on any atom is -0.0898 e. The van der Waals surface area contributed by atoms with Crippen molar-refractivity contribution in [2.45, 2.75) is 15.1 Å². The molecule has 0 saturated carbocycles. The predicted molar refractivity (Wildman–Crippen MR) is 82.4 cm³/mol. The summed E-state index contributed by atoms with van der Waals surface area (Å²) in [7, 11) is 0. The number of hydrogen-bond acceptors (Lipinski definition) is 1. The molecule has 0 bridgehead atoms. The maximum Gasteiger partial charge on any atom is 0.0294 e. The lowest BCUT2D eigenvalue weighted by Gasteiger charge is -2.06. The second-order valence-corrected chi connectivity index (χ2v) is 6.22. The Hall–Kier alpha value is -0.000000000000000111. The SMILES string of the molecule is BrCc1ccccc1Sc1ccc(I)cc1. The van der Waals surface area contributed by atoms with E-state index in [1.165, 1.54) is 18.9 Å². The normalized spacial score (nSPS) is 10.4. The quantitative estimate of drug-likeness (QED) is 0.491. The van der Waals surface area contributed by atoms with Crippen LogP contribution in [0, 0.1) is 3.57 Å². The molecule has 0 aliphatic rings. The van der Waals surface area contributed by atoms with E-state index in [2.05, 4.69) is 87.1 Å². The topological polar surface area (TPSA) is 0 Å². The van der Waals surface area contributed by atoms with E-state index >= 15 is 0 Å². The zero-order chi connectivity index (χ0) is 11.4. The smallest absolute Gasteiger partial charge is 0.0294 e. The van der Waals surface area contributed by atoms with Crippen molar-refractivity contribution in [1.82, 2.24) is 0 Å². The first-order chi connectivity index (χ1) is 7.79. The van der Waals surface area contributed by atoms with E-state index in [4.69, 9.17) is 0 Å². The van der Waals surface area contributed by atoms with Crippen molar-refractivity contribution >= 4 is 50.3 Å². The van der Waals surface area contributed by atoms with Crippen LogP contribution < -0.4 is 0 Å². The fraction of sp³-hybridized carbons (Fsp3) is 0.0769. The zero-order valence-corrected chi connectivity index (χ0v) is 13.1. The van der Waals surface area contributed by atoms with Gasteiger partial charge in [-0.1, -0.05) is 45.9 Å². The summed E-state index contributed by atoms with van der Waals surface area (Å²) >= 11 is 7.66. The van der Waals surface area contributed by atoms with Crippen LogP contribution in [0.2, 0.25) is 0 Å². The van der Waals surface area contributed by atoms with Gasteiger partial charge in [0, 0.05) is 18.7 Å². The molecular formula is C13H10BrIS. The summed E-state index contributed by atoms with van der Waals surface area (Å²) in [6.07, 6.45) is 0. The number of benzene rings is 2. The Kier molecular flexibility index (Phi) is 4.73. The third-order valence-corrected chi connectivity index (χ3v) is 4.61. The zero-order valence-electron chi connectivity index (χ0n) is 8.49. The standard InChI is InChI=1S/C13H10BrIS/c14-9-10-3-1-2-4-13(10)16-12-7-5-11(15)6-8-12/h1-8H,9H2. The maximum absolute atomic E-state index is 3.52. The van der Waals surface area contributed by atoms with Crippen molar-refractivity contribution in [3.05, 3.63) is 57.7 Å². The Morgan fingerprint density at radius 2 is 1.69 bits per heavy atom. The highest BCUT2D eigenvalue weighted by Gasteiger charge is 2.02. The van der Waals surface area contributed by atoms with Crippen LogP contribution in [0.15, 0.2) is 58.3 Å². The molecule has 3 heteroatoms. The molecule has 16 heavy (non-hydrogen) atoms.